The number of hydrogen-bond acceptors (Lipinski definition) is 4. The van der Waals surface area contributed by atoms with Crippen molar-refractivity contribution in [2.75, 3.05) is 18.1 Å². The molecule has 2 fully saturated rings. The van der Waals surface area contributed by atoms with E-state index in [0.717, 1.165) is 45.1 Å². The van der Waals surface area contributed by atoms with Crippen LogP contribution in [0.1, 0.15) is 38.5 Å². The van der Waals surface area contributed by atoms with Crippen molar-refractivity contribution in [3.63, 3.8) is 0 Å². The standard InChI is InChI=1S/C13H23NO4S/c15-13(16)11-5-3-10(4-6-11)8-14-12-2-1-7-19(17,18)9-12/h10-12,14H,1-9H2,(H,15,16). The Hall–Kier alpha value is -0.620. The van der Waals surface area contributed by atoms with Crippen LogP contribution < -0.4 is 5.32 Å². The lowest BCUT2D eigenvalue weighted by Crippen LogP contribution is -2.42. The predicted octanol–water partition coefficient (Wildman–Crippen LogP) is 1.04. The maximum absolute atomic E-state index is 11.5. The summed E-state index contributed by atoms with van der Waals surface area (Å²) in [4.78, 5) is 10.9. The minimum absolute atomic E-state index is 0.0935. The van der Waals surface area contributed by atoms with Gasteiger partial charge in [-0.25, -0.2) is 8.42 Å². The first kappa shape index (κ1) is 14.8. The van der Waals surface area contributed by atoms with E-state index in [2.05, 4.69) is 5.32 Å². The molecule has 1 atom stereocenters. The zero-order valence-corrected chi connectivity index (χ0v) is 12.0. The van der Waals surface area contributed by atoms with Crippen LogP contribution in [0.5, 0.6) is 0 Å². The van der Waals surface area contributed by atoms with E-state index in [0.29, 0.717) is 11.7 Å². The number of rotatable bonds is 4. The van der Waals surface area contributed by atoms with Gasteiger partial charge in [0, 0.05) is 6.04 Å². The quantitative estimate of drug-likeness (QED) is 0.808. The summed E-state index contributed by atoms with van der Waals surface area (Å²) < 4.78 is 23.0. The van der Waals surface area contributed by atoms with Gasteiger partial charge in [-0.3, -0.25) is 4.79 Å². The number of hydrogen-bond donors (Lipinski definition) is 2. The highest BCUT2D eigenvalue weighted by atomic mass is 32.2. The number of sulfone groups is 1. The van der Waals surface area contributed by atoms with E-state index < -0.39 is 15.8 Å². The molecule has 1 saturated heterocycles. The molecule has 110 valence electrons. The fourth-order valence-electron chi connectivity index (χ4n) is 3.13. The first-order valence-electron chi connectivity index (χ1n) is 7.13. The average Bonchev–Trinajstić information content (AvgIpc) is 2.36. The lowest BCUT2D eigenvalue weighted by atomic mass is 9.82. The van der Waals surface area contributed by atoms with Crippen molar-refractivity contribution < 1.29 is 18.3 Å². The summed E-state index contributed by atoms with van der Waals surface area (Å²) in [5.41, 5.74) is 0. The Bertz CT molecular complexity index is 412. The van der Waals surface area contributed by atoms with Crippen molar-refractivity contribution in [1.29, 1.82) is 0 Å². The summed E-state index contributed by atoms with van der Waals surface area (Å²) in [6, 6.07) is 0.0935. The molecule has 0 radical (unpaired) electrons. The first-order chi connectivity index (χ1) is 8.96. The van der Waals surface area contributed by atoms with Crippen molar-refractivity contribution in [2.24, 2.45) is 11.8 Å². The van der Waals surface area contributed by atoms with Crippen molar-refractivity contribution in [2.45, 2.75) is 44.6 Å². The Morgan fingerprint density at radius 1 is 1.16 bits per heavy atom. The average molecular weight is 289 g/mol. The van der Waals surface area contributed by atoms with Crippen LogP contribution in [0.2, 0.25) is 0 Å². The van der Waals surface area contributed by atoms with Gasteiger partial charge in [-0.15, -0.1) is 0 Å². The van der Waals surface area contributed by atoms with Gasteiger partial charge < -0.3 is 10.4 Å². The van der Waals surface area contributed by atoms with E-state index in [-0.39, 0.29) is 17.7 Å². The summed E-state index contributed by atoms with van der Waals surface area (Å²) in [5.74, 6) is 0.239. The van der Waals surface area contributed by atoms with Crippen LogP contribution in [0.15, 0.2) is 0 Å². The molecule has 0 spiro atoms. The minimum Gasteiger partial charge on any atom is -0.481 e. The monoisotopic (exact) mass is 289 g/mol. The van der Waals surface area contributed by atoms with Gasteiger partial charge in [0.05, 0.1) is 17.4 Å². The van der Waals surface area contributed by atoms with Gasteiger partial charge in [0.2, 0.25) is 0 Å². The third-order valence-corrected chi connectivity index (χ3v) is 6.18. The lowest BCUT2D eigenvalue weighted by Gasteiger charge is -2.29. The molecule has 1 aliphatic carbocycles. The van der Waals surface area contributed by atoms with Gasteiger partial charge in [0.1, 0.15) is 0 Å². The molecule has 1 unspecified atom stereocenters. The number of carboxylic acids is 1. The smallest absolute Gasteiger partial charge is 0.306 e. The second-order valence-electron chi connectivity index (χ2n) is 5.92. The summed E-state index contributed by atoms with van der Waals surface area (Å²) in [5, 5.41) is 12.3. The maximum atomic E-state index is 11.5. The summed E-state index contributed by atoms with van der Waals surface area (Å²) in [7, 11) is -2.85. The lowest BCUT2D eigenvalue weighted by molar-refractivity contribution is -0.143. The van der Waals surface area contributed by atoms with E-state index in [1.54, 1.807) is 0 Å². The summed E-state index contributed by atoms with van der Waals surface area (Å²) >= 11 is 0. The van der Waals surface area contributed by atoms with Crippen LogP contribution >= 0.6 is 0 Å². The first-order valence-corrected chi connectivity index (χ1v) is 8.95. The second-order valence-corrected chi connectivity index (χ2v) is 8.15. The molecule has 1 heterocycles. The zero-order valence-electron chi connectivity index (χ0n) is 11.2. The molecule has 5 nitrogen and oxygen atoms in total. The molecule has 0 amide bonds. The Balaban J connectivity index is 1.71. The van der Waals surface area contributed by atoms with Crippen LogP contribution in [-0.2, 0) is 14.6 Å². The normalized spacial score (nSPS) is 34.8. The van der Waals surface area contributed by atoms with E-state index in [1.165, 1.54) is 0 Å². The fourth-order valence-corrected chi connectivity index (χ4v) is 4.80. The molecule has 1 saturated carbocycles. The van der Waals surface area contributed by atoms with Crippen molar-refractivity contribution in [1.82, 2.24) is 5.32 Å². The Morgan fingerprint density at radius 2 is 1.84 bits per heavy atom. The minimum atomic E-state index is -2.85. The Morgan fingerprint density at radius 3 is 2.42 bits per heavy atom. The number of carboxylic acid groups (broad SMARTS) is 1. The molecular weight excluding hydrogens is 266 g/mol. The van der Waals surface area contributed by atoms with Crippen LogP contribution in [0, 0.1) is 11.8 Å². The highest BCUT2D eigenvalue weighted by Crippen LogP contribution is 2.28. The molecule has 2 N–H and O–H groups in total. The highest BCUT2D eigenvalue weighted by Gasteiger charge is 2.28. The van der Waals surface area contributed by atoms with Crippen molar-refractivity contribution in [3.05, 3.63) is 0 Å². The van der Waals surface area contributed by atoms with E-state index in [1.807, 2.05) is 0 Å². The van der Waals surface area contributed by atoms with E-state index in [9.17, 15) is 13.2 Å². The molecule has 1 aliphatic heterocycles. The van der Waals surface area contributed by atoms with Crippen LogP contribution in [0.25, 0.3) is 0 Å². The Labute approximate surface area is 114 Å². The second kappa shape index (κ2) is 6.22. The van der Waals surface area contributed by atoms with Gasteiger partial charge in [0.15, 0.2) is 9.84 Å². The highest BCUT2D eigenvalue weighted by molar-refractivity contribution is 7.91. The van der Waals surface area contributed by atoms with Gasteiger partial charge in [0.25, 0.3) is 0 Å². The molecular formula is C13H23NO4S. The molecule has 2 rings (SSSR count). The zero-order chi connectivity index (χ0) is 13.9. The molecule has 0 bridgehead atoms. The number of carbonyl (C=O) groups is 1. The molecule has 2 aliphatic rings. The predicted molar refractivity (Wildman–Crippen MR) is 72.8 cm³/mol. The maximum Gasteiger partial charge on any atom is 0.306 e. The van der Waals surface area contributed by atoms with Gasteiger partial charge in [-0.1, -0.05) is 0 Å². The fraction of sp³-hybridized carbons (Fsp3) is 0.923. The molecule has 6 heteroatoms. The SMILES string of the molecule is O=C(O)C1CCC(CNC2CCCS(=O)(=O)C2)CC1. The van der Waals surface area contributed by atoms with Gasteiger partial charge >= 0.3 is 5.97 Å². The van der Waals surface area contributed by atoms with Crippen LogP contribution in [-0.4, -0.2) is 43.6 Å². The third-order valence-electron chi connectivity index (χ3n) is 4.35. The van der Waals surface area contributed by atoms with Crippen molar-refractivity contribution >= 4 is 15.8 Å². The number of nitrogens with one attached hydrogen (secondary N) is 1. The molecule has 0 aromatic carbocycles. The van der Waals surface area contributed by atoms with Crippen molar-refractivity contribution in [3.8, 4) is 0 Å². The summed E-state index contributed by atoms with van der Waals surface area (Å²) in [6.45, 7) is 0.826. The van der Waals surface area contributed by atoms with E-state index >= 15 is 0 Å². The van der Waals surface area contributed by atoms with E-state index in [4.69, 9.17) is 5.11 Å². The third kappa shape index (κ3) is 4.45. The van der Waals surface area contributed by atoms with Crippen LogP contribution in [0.3, 0.4) is 0 Å². The topological polar surface area (TPSA) is 83.5 Å². The van der Waals surface area contributed by atoms with Gasteiger partial charge in [-0.05, 0) is 51.0 Å². The molecule has 0 aromatic heterocycles. The molecule has 0 aromatic rings. The summed E-state index contributed by atoms with van der Waals surface area (Å²) in [6.07, 6.45) is 5.07. The molecule has 19 heavy (non-hydrogen) atoms. The van der Waals surface area contributed by atoms with Gasteiger partial charge in [-0.2, -0.15) is 0 Å². The van der Waals surface area contributed by atoms with Crippen LogP contribution in [0.4, 0.5) is 0 Å². The number of aliphatic carboxylic acids is 1. The Kier molecular flexibility index (Phi) is 4.84. The largest absolute Gasteiger partial charge is 0.481 e.